The van der Waals surface area contributed by atoms with Gasteiger partial charge in [0.15, 0.2) is 17.5 Å². The number of H-pyrrole nitrogens is 2. The number of pyridine rings is 1. The molecule has 4 aliphatic heterocycles. The Morgan fingerprint density at radius 1 is 0.857 bits per heavy atom. The van der Waals surface area contributed by atoms with Crippen LogP contribution in [0.1, 0.15) is 137 Å². The number of aryl methyl sites for hydroxylation is 1. The number of carbonyl (C=O) groups is 2. The summed E-state index contributed by atoms with van der Waals surface area (Å²) in [6.45, 7) is 1.75. The van der Waals surface area contributed by atoms with Crippen molar-refractivity contribution in [2.45, 2.75) is 132 Å². The lowest BCUT2D eigenvalue weighted by Crippen LogP contribution is -2.80. The van der Waals surface area contributed by atoms with E-state index >= 15 is 9.59 Å². The van der Waals surface area contributed by atoms with Crippen molar-refractivity contribution in [2.75, 3.05) is 11.9 Å². The summed E-state index contributed by atoms with van der Waals surface area (Å²) in [6.07, 6.45) is 8.25. The second-order valence-corrected chi connectivity index (χ2v) is 22.9. The van der Waals surface area contributed by atoms with Gasteiger partial charge in [0.1, 0.15) is 29.5 Å². The number of aliphatic hydroxyl groups excluding tert-OH is 5. The first kappa shape index (κ1) is 42.0. The summed E-state index contributed by atoms with van der Waals surface area (Å²) in [5.41, 5.74) is 1.51. The number of hydrogen-bond donors (Lipinski definition) is 9. The lowest BCUT2D eigenvalue weighted by atomic mass is 9.42. The van der Waals surface area contributed by atoms with E-state index in [1.807, 2.05) is 0 Å². The first-order chi connectivity index (χ1) is 33.7. The van der Waals surface area contributed by atoms with Crippen LogP contribution >= 0.6 is 0 Å². The molecule has 16 rings (SSSR count). The molecule has 360 valence electrons. The van der Waals surface area contributed by atoms with Crippen molar-refractivity contribution >= 4 is 33.7 Å². The molecule has 15 heteroatoms. The molecule has 9 N–H and O–H groups in total. The summed E-state index contributed by atoms with van der Waals surface area (Å²) in [5, 5.41) is 82.1. The van der Waals surface area contributed by atoms with Crippen molar-refractivity contribution in [1.29, 1.82) is 0 Å². The standard InChI is InChI=1S/C55H55N5O10/c1-24-14-31-38(35(61)15-24)45(64)40-36-18-29-28(39(40)44(31)63)8-13-57-49(29)58-21-37(62)54-25-4-6-33(54)30-17-26(16-27-20-56-23-59-27)60-43(30)32-19-53(69-36)47(66)46(65)48(67)55(70-53)41(32)42(54)34(7-5-25)52(50(55)68)12-11-51(22-52)9-2-3-10-51/h8,13-15,17-20,23,25,33-34,37,46-48,50,60-62,65-68H,2-7,9-12,16,21-22H2,1H3,(H,56,59)(H,57,58)/t25-,33-,34-,37-,46+,47+,48-,50-,52-,53+,54+,55-/m0/s1. The van der Waals surface area contributed by atoms with Gasteiger partial charge in [-0.05, 0) is 152 Å². The third-order valence-electron chi connectivity index (χ3n) is 19.9. The largest absolute Gasteiger partial charge is 0.507 e. The van der Waals surface area contributed by atoms with Crippen LogP contribution in [-0.4, -0.2) is 111 Å². The third-order valence-corrected chi connectivity index (χ3v) is 19.9. The molecule has 3 aromatic heterocycles. The van der Waals surface area contributed by atoms with E-state index in [-0.39, 0.29) is 63.5 Å². The van der Waals surface area contributed by atoms with Gasteiger partial charge in [-0.1, -0.05) is 12.8 Å². The van der Waals surface area contributed by atoms with Gasteiger partial charge in [-0.25, -0.2) is 9.97 Å². The predicted octanol–water partition coefficient (Wildman–Crippen LogP) is 5.78. The number of nitrogens with zero attached hydrogens (tertiary/aromatic N) is 2. The van der Waals surface area contributed by atoms with Crippen LogP contribution in [0.5, 0.6) is 11.5 Å². The SMILES string of the molecule is Cc1cc(O)c2c(c1)C(=O)c1c(c3cc4c(nccc14)NC[C@H](O)[C@@]14C5=C6C7=C[C@@]8(O3)O[C@@]6([C@@H](O)[C@H](O)[C@H]8O)[C@@H](O)[C@]3(CCC6(CCCC6)C3)[C@H]5CC[C@@H]1CC[C@H]4c1cc(Cc3cnc[nH]3)[nH]c17)C2=O. The Balaban J connectivity index is 1.08. The molecule has 4 saturated carbocycles. The molecular weight excluding hydrogens is 891 g/mol. The molecule has 5 aromatic rings. The predicted molar refractivity (Wildman–Crippen MR) is 252 cm³/mol. The maximum Gasteiger partial charge on any atom is 0.261 e. The molecular formula is C55H55N5O10. The maximum absolute atomic E-state index is 15.2. The Morgan fingerprint density at radius 3 is 2.47 bits per heavy atom. The molecule has 5 spiro atoms. The van der Waals surface area contributed by atoms with E-state index in [4.69, 9.17) is 14.5 Å². The summed E-state index contributed by atoms with van der Waals surface area (Å²) in [6, 6.07) is 8.38. The Labute approximate surface area is 402 Å². The minimum Gasteiger partial charge on any atom is -0.507 e. The van der Waals surface area contributed by atoms with Gasteiger partial charge in [0.25, 0.3) is 5.79 Å². The van der Waals surface area contributed by atoms with E-state index in [1.165, 1.54) is 6.07 Å². The number of phenolic OH excluding ortho intramolecular Hbond substituents is 1. The summed E-state index contributed by atoms with van der Waals surface area (Å²) in [4.78, 5) is 46.3. The van der Waals surface area contributed by atoms with Crippen molar-refractivity contribution in [1.82, 2.24) is 19.9 Å². The number of anilines is 1. The Bertz CT molecular complexity index is 3260. The number of nitrogens with one attached hydrogen (secondary N) is 3. The molecule has 0 amide bonds. The molecule has 0 radical (unpaired) electrons. The van der Waals surface area contributed by atoms with E-state index in [9.17, 15) is 30.6 Å². The normalized spacial score (nSPS) is 37.9. The van der Waals surface area contributed by atoms with E-state index in [1.54, 1.807) is 49.9 Å². The minimum absolute atomic E-state index is 0.0125. The molecule has 70 heavy (non-hydrogen) atoms. The Morgan fingerprint density at radius 2 is 1.67 bits per heavy atom. The zero-order valence-electron chi connectivity index (χ0n) is 38.7. The molecule has 7 heterocycles. The van der Waals surface area contributed by atoms with Gasteiger partial charge in [-0.2, -0.15) is 0 Å². The second-order valence-electron chi connectivity index (χ2n) is 22.9. The van der Waals surface area contributed by atoms with Crippen LogP contribution in [0.25, 0.3) is 16.3 Å². The number of carbonyl (C=O) groups excluding carboxylic acids is 2. The molecule has 12 atom stereocenters. The number of imidazole rings is 1. The van der Waals surface area contributed by atoms with Crippen LogP contribution in [0.4, 0.5) is 5.82 Å². The monoisotopic (exact) mass is 945 g/mol. The lowest BCUT2D eigenvalue weighted by molar-refractivity contribution is -0.369. The molecule has 15 nitrogen and oxygen atoms in total. The van der Waals surface area contributed by atoms with Gasteiger partial charge < -0.3 is 55.4 Å². The zero-order chi connectivity index (χ0) is 47.6. The quantitative estimate of drug-likeness (QED) is 0.100. The molecule has 1 saturated heterocycles. The second kappa shape index (κ2) is 13.6. The first-order valence-corrected chi connectivity index (χ1v) is 25.4. The van der Waals surface area contributed by atoms with E-state index in [0.29, 0.717) is 58.3 Å². The fourth-order valence-corrected chi connectivity index (χ4v) is 17.4. The van der Waals surface area contributed by atoms with Gasteiger partial charge in [0.2, 0.25) is 5.78 Å². The highest BCUT2D eigenvalue weighted by Crippen LogP contribution is 2.78. The maximum atomic E-state index is 15.2. The van der Waals surface area contributed by atoms with Crippen LogP contribution in [0.3, 0.4) is 0 Å². The summed E-state index contributed by atoms with van der Waals surface area (Å²) >= 11 is 0. The highest BCUT2D eigenvalue weighted by atomic mass is 16.7. The fourth-order valence-electron chi connectivity index (χ4n) is 17.4. The fraction of sp³-hybridized carbons (Fsp3) is 0.491. The summed E-state index contributed by atoms with van der Waals surface area (Å²) in [7, 11) is 0. The molecule has 7 aliphatic carbocycles. The van der Waals surface area contributed by atoms with Gasteiger partial charge in [0.05, 0.1) is 29.7 Å². The Kier molecular flexibility index (Phi) is 8.19. The summed E-state index contributed by atoms with van der Waals surface area (Å²) < 4.78 is 14.7. The van der Waals surface area contributed by atoms with Gasteiger partial charge in [0, 0.05) is 75.4 Å². The van der Waals surface area contributed by atoms with Crippen LogP contribution in [0.15, 0.2) is 66.3 Å². The zero-order valence-corrected chi connectivity index (χ0v) is 38.7. The summed E-state index contributed by atoms with van der Waals surface area (Å²) in [5.74, 6) is -4.44. The molecule has 8 bridgehead atoms. The van der Waals surface area contributed by atoms with E-state index in [0.717, 1.165) is 80.3 Å². The van der Waals surface area contributed by atoms with Crippen LogP contribution in [-0.2, 0) is 11.2 Å². The van der Waals surface area contributed by atoms with E-state index in [2.05, 4.69) is 26.3 Å². The number of rotatable bonds is 2. The number of benzene rings is 2. The number of aromatic amines is 2. The highest BCUT2D eigenvalue weighted by molar-refractivity contribution is 6.34. The van der Waals surface area contributed by atoms with Gasteiger partial charge in [-0.3, -0.25) is 9.59 Å². The average molecular weight is 946 g/mol. The topological polar surface area (TPSA) is 243 Å². The molecule has 0 unspecified atom stereocenters. The van der Waals surface area contributed by atoms with Crippen LogP contribution < -0.4 is 10.1 Å². The minimum atomic E-state index is -2.43. The lowest BCUT2D eigenvalue weighted by Gasteiger charge is -2.67. The average Bonchev–Trinajstić information content (AvgIpc) is 4.22. The van der Waals surface area contributed by atoms with Gasteiger partial charge >= 0.3 is 0 Å². The van der Waals surface area contributed by atoms with Crippen LogP contribution in [0.2, 0.25) is 0 Å². The number of phenols is 1. The van der Waals surface area contributed by atoms with Crippen molar-refractivity contribution in [3.05, 3.63) is 117 Å². The highest BCUT2D eigenvalue weighted by Gasteiger charge is 2.79. The molecule has 5 fully saturated rings. The van der Waals surface area contributed by atoms with Crippen molar-refractivity contribution in [3.63, 3.8) is 0 Å². The van der Waals surface area contributed by atoms with Crippen molar-refractivity contribution in [2.24, 2.45) is 28.1 Å². The third kappa shape index (κ3) is 4.83. The molecule has 11 aliphatic rings. The number of hydrogen-bond acceptors (Lipinski definition) is 13. The van der Waals surface area contributed by atoms with Crippen molar-refractivity contribution < 1.29 is 49.7 Å². The number of aliphatic hydroxyl groups is 5. The van der Waals surface area contributed by atoms with Crippen LogP contribution in [0, 0.1) is 35.0 Å². The van der Waals surface area contributed by atoms with Gasteiger partial charge in [-0.15, -0.1) is 0 Å². The first-order valence-electron chi connectivity index (χ1n) is 25.4. The smallest absolute Gasteiger partial charge is 0.261 e. The van der Waals surface area contributed by atoms with Crippen molar-refractivity contribution in [3.8, 4) is 11.5 Å². The number of ketones is 2. The van der Waals surface area contributed by atoms with E-state index < -0.39 is 64.3 Å². The number of fused-ring (bicyclic) bond motifs is 8. The number of aromatic nitrogens is 4. The Hall–Kier alpha value is -5.68. The number of aromatic hydroxyl groups is 1. The number of ether oxygens (including phenoxy) is 2. The molecule has 2 aromatic carbocycles.